The van der Waals surface area contributed by atoms with Crippen molar-refractivity contribution in [3.8, 4) is 0 Å². The van der Waals surface area contributed by atoms with Gasteiger partial charge >= 0.3 is 0 Å². The molecule has 0 saturated carbocycles. The summed E-state index contributed by atoms with van der Waals surface area (Å²) in [6.45, 7) is 0. The van der Waals surface area contributed by atoms with E-state index in [1.165, 1.54) is 18.2 Å². The van der Waals surface area contributed by atoms with E-state index in [-0.39, 0.29) is 5.82 Å². The first-order valence-electron chi connectivity index (χ1n) is 6.20. The molecule has 6 heteroatoms. The summed E-state index contributed by atoms with van der Waals surface area (Å²) in [5, 5.41) is 0. The zero-order valence-electron chi connectivity index (χ0n) is 10.2. The van der Waals surface area contributed by atoms with Gasteiger partial charge in [0.1, 0.15) is 11.6 Å². The molecule has 1 unspecified atom stereocenters. The van der Waals surface area contributed by atoms with E-state index < -0.39 is 0 Å². The van der Waals surface area contributed by atoms with Gasteiger partial charge in [0.05, 0.1) is 21.4 Å². The highest BCUT2D eigenvalue weighted by Gasteiger charge is 2.22. The van der Waals surface area contributed by atoms with Gasteiger partial charge in [0.15, 0.2) is 0 Å². The first kappa shape index (κ1) is 13.7. The van der Waals surface area contributed by atoms with E-state index in [0.29, 0.717) is 21.9 Å². The number of fused-ring (bicyclic) bond motifs is 1. The van der Waals surface area contributed by atoms with Gasteiger partial charge in [-0.15, -0.1) is 11.6 Å². The molecule has 1 fully saturated rings. The van der Waals surface area contributed by atoms with Crippen LogP contribution in [0.2, 0.25) is 0 Å². The molecule has 2 aromatic rings. The number of benzene rings is 1. The molecule has 2 heterocycles. The molecule has 1 aliphatic rings. The Morgan fingerprint density at radius 2 is 2.37 bits per heavy atom. The third-order valence-electron chi connectivity index (χ3n) is 3.43. The van der Waals surface area contributed by atoms with E-state index in [2.05, 4.69) is 25.5 Å². The predicted octanol–water partition coefficient (Wildman–Crippen LogP) is 4.74. The SMILES string of the molecule is Fc1cc2nc(CCl)n(C3CCCSC3)c2cc1Br. The smallest absolute Gasteiger partial charge is 0.139 e. The van der Waals surface area contributed by atoms with Crippen molar-refractivity contribution in [2.75, 3.05) is 11.5 Å². The molecule has 1 aliphatic heterocycles. The molecule has 1 saturated heterocycles. The van der Waals surface area contributed by atoms with Crippen LogP contribution in [0.4, 0.5) is 4.39 Å². The highest BCUT2D eigenvalue weighted by Crippen LogP contribution is 2.33. The summed E-state index contributed by atoms with van der Waals surface area (Å²) in [6.07, 6.45) is 2.34. The summed E-state index contributed by atoms with van der Waals surface area (Å²) in [7, 11) is 0. The second-order valence-corrected chi connectivity index (χ2v) is 6.93. The van der Waals surface area contributed by atoms with E-state index in [0.717, 1.165) is 23.5 Å². The number of aromatic nitrogens is 2. The summed E-state index contributed by atoms with van der Waals surface area (Å²) in [4.78, 5) is 4.47. The Morgan fingerprint density at radius 1 is 1.53 bits per heavy atom. The minimum atomic E-state index is -0.281. The van der Waals surface area contributed by atoms with Crippen molar-refractivity contribution in [1.82, 2.24) is 9.55 Å². The number of hydrogen-bond donors (Lipinski definition) is 0. The molecule has 102 valence electrons. The van der Waals surface area contributed by atoms with Crippen LogP contribution >= 0.6 is 39.3 Å². The van der Waals surface area contributed by atoms with Gasteiger partial charge in [0.25, 0.3) is 0 Å². The van der Waals surface area contributed by atoms with Crippen molar-refractivity contribution >= 4 is 50.3 Å². The molecule has 0 aliphatic carbocycles. The Bertz CT molecular complexity index is 610. The van der Waals surface area contributed by atoms with Crippen molar-refractivity contribution in [3.63, 3.8) is 0 Å². The lowest BCUT2D eigenvalue weighted by molar-refractivity contribution is 0.499. The lowest BCUT2D eigenvalue weighted by Gasteiger charge is -2.25. The Balaban J connectivity index is 2.16. The molecule has 0 N–H and O–H groups in total. The summed E-state index contributed by atoms with van der Waals surface area (Å²) < 4.78 is 16.3. The van der Waals surface area contributed by atoms with Gasteiger partial charge < -0.3 is 4.57 Å². The van der Waals surface area contributed by atoms with Crippen LogP contribution in [0.5, 0.6) is 0 Å². The fourth-order valence-corrected chi connectivity index (χ4v) is 4.21. The average molecular weight is 364 g/mol. The minimum absolute atomic E-state index is 0.281. The van der Waals surface area contributed by atoms with Gasteiger partial charge in [-0.05, 0) is 40.6 Å². The van der Waals surface area contributed by atoms with Crippen LogP contribution < -0.4 is 0 Å². The number of halogens is 3. The zero-order valence-corrected chi connectivity index (χ0v) is 13.4. The Morgan fingerprint density at radius 3 is 3.05 bits per heavy atom. The summed E-state index contributed by atoms with van der Waals surface area (Å²) in [5.41, 5.74) is 1.66. The Labute approximate surface area is 128 Å². The molecule has 3 rings (SSSR count). The number of thioether (sulfide) groups is 1. The van der Waals surface area contributed by atoms with E-state index in [4.69, 9.17) is 11.6 Å². The monoisotopic (exact) mass is 362 g/mol. The van der Waals surface area contributed by atoms with Crippen molar-refractivity contribution in [3.05, 3.63) is 28.2 Å². The maximum absolute atomic E-state index is 13.6. The second-order valence-electron chi connectivity index (χ2n) is 4.66. The molecule has 0 spiro atoms. The average Bonchev–Trinajstić information content (AvgIpc) is 2.78. The van der Waals surface area contributed by atoms with Gasteiger partial charge in [-0.3, -0.25) is 0 Å². The topological polar surface area (TPSA) is 17.8 Å². The fourth-order valence-electron chi connectivity index (χ4n) is 2.57. The molecule has 2 nitrogen and oxygen atoms in total. The van der Waals surface area contributed by atoms with Crippen molar-refractivity contribution < 1.29 is 4.39 Å². The number of nitrogens with zero attached hydrogens (tertiary/aromatic N) is 2. The van der Waals surface area contributed by atoms with Crippen LogP contribution in [0.3, 0.4) is 0 Å². The van der Waals surface area contributed by atoms with Crippen LogP contribution in [0.25, 0.3) is 11.0 Å². The normalized spacial score (nSPS) is 20.1. The Kier molecular flexibility index (Phi) is 4.06. The van der Waals surface area contributed by atoms with Crippen LogP contribution in [0.15, 0.2) is 16.6 Å². The molecular weight excluding hydrogens is 351 g/mol. The predicted molar refractivity (Wildman–Crippen MR) is 82.5 cm³/mol. The lowest BCUT2D eigenvalue weighted by atomic mass is 10.1. The molecule has 0 amide bonds. The molecule has 0 radical (unpaired) electrons. The van der Waals surface area contributed by atoms with Gasteiger partial charge in [-0.2, -0.15) is 11.8 Å². The van der Waals surface area contributed by atoms with Gasteiger partial charge in [0, 0.05) is 17.9 Å². The fraction of sp³-hybridized carbons (Fsp3) is 0.462. The van der Waals surface area contributed by atoms with E-state index >= 15 is 0 Å². The van der Waals surface area contributed by atoms with Gasteiger partial charge in [0.2, 0.25) is 0 Å². The minimum Gasteiger partial charge on any atom is -0.323 e. The summed E-state index contributed by atoms with van der Waals surface area (Å²) in [5.74, 6) is 3.20. The van der Waals surface area contributed by atoms with Crippen molar-refractivity contribution in [1.29, 1.82) is 0 Å². The molecule has 1 aromatic carbocycles. The maximum atomic E-state index is 13.6. The third kappa shape index (κ3) is 2.52. The number of imidazole rings is 1. The standard InChI is InChI=1S/C13H13BrClFN2S/c14-9-4-12-11(5-10(9)16)17-13(6-15)18(12)8-2-1-3-19-7-8/h4-5,8H,1-3,6-7H2. The highest BCUT2D eigenvalue weighted by molar-refractivity contribution is 9.10. The third-order valence-corrected chi connectivity index (χ3v) is 5.47. The van der Waals surface area contributed by atoms with Crippen LogP contribution in [-0.2, 0) is 5.88 Å². The van der Waals surface area contributed by atoms with Crippen molar-refractivity contribution in [2.24, 2.45) is 0 Å². The van der Waals surface area contributed by atoms with Crippen LogP contribution in [0, 0.1) is 5.82 Å². The molecular formula is C13H13BrClFN2S. The number of hydrogen-bond acceptors (Lipinski definition) is 2. The maximum Gasteiger partial charge on any atom is 0.139 e. The van der Waals surface area contributed by atoms with Gasteiger partial charge in [-0.1, -0.05) is 0 Å². The number of alkyl halides is 1. The number of rotatable bonds is 2. The van der Waals surface area contributed by atoms with E-state index in [9.17, 15) is 4.39 Å². The first-order chi connectivity index (χ1) is 9.20. The second kappa shape index (κ2) is 5.62. The van der Waals surface area contributed by atoms with E-state index in [1.807, 2.05) is 17.8 Å². The summed E-state index contributed by atoms with van der Waals surface area (Å²) >= 11 is 11.2. The van der Waals surface area contributed by atoms with Crippen LogP contribution in [-0.4, -0.2) is 21.1 Å². The quantitative estimate of drug-likeness (QED) is 0.717. The van der Waals surface area contributed by atoms with E-state index in [1.54, 1.807) is 0 Å². The lowest BCUT2D eigenvalue weighted by Crippen LogP contribution is -2.18. The van der Waals surface area contributed by atoms with Crippen LogP contribution in [0.1, 0.15) is 24.7 Å². The molecule has 19 heavy (non-hydrogen) atoms. The Hall–Kier alpha value is -0.260. The zero-order chi connectivity index (χ0) is 13.4. The van der Waals surface area contributed by atoms with Gasteiger partial charge in [-0.25, -0.2) is 9.37 Å². The summed E-state index contributed by atoms with van der Waals surface area (Å²) in [6, 6.07) is 3.70. The molecule has 1 aromatic heterocycles. The molecule has 0 bridgehead atoms. The molecule has 1 atom stereocenters. The first-order valence-corrected chi connectivity index (χ1v) is 8.68. The largest absolute Gasteiger partial charge is 0.323 e. The highest BCUT2D eigenvalue weighted by atomic mass is 79.9. The van der Waals surface area contributed by atoms with Crippen molar-refractivity contribution in [2.45, 2.75) is 24.8 Å².